The molecule has 5 heteroatoms. The molecular formula is C15H25NO4. The fraction of sp³-hybridized carbons (Fsp3) is 0.733. The van der Waals surface area contributed by atoms with Crippen molar-refractivity contribution in [2.45, 2.75) is 52.1 Å². The lowest BCUT2D eigenvalue weighted by Gasteiger charge is -2.27. The Balaban J connectivity index is 2.67. The molecule has 5 nitrogen and oxygen atoms in total. The van der Waals surface area contributed by atoms with Gasteiger partial charge in [-0.15, -0.1) is 6.58 Å². The Kier molecular flexibility index (Phi) is 5.20. The molecule has 0 aliphatic carbocycles. The monoisotopic (exact) mass is 283 g/mol. The van der Waals surface area contributed by atoms with Crippen LogP contribution in [0, 0.1) is 5.41 Å². The summed E-state index contributed by atoms with van der Waals surface area (Å²) in [6, 6.07) is 0. The van der Waals surface area contributed by atoms with Gasteiger partial charge in [-0.25, -0.2) is 4.79 Å². The number of hydrogen-bond donors (Lipinski definition) is 1. The summed E-state index contributed by atoms with van der Waals surface area (Å²) < 4.78 is 5.30. The topological polar surface area (TPSA) is 66.8 Å². The molecule has 1 amide bonds. The number of allylic oxidation sites excluding steroid dienone is 1. The Morgan fingerprint density at radius 2 is 2.10 bits per heavy atom. The molecule has 0 aromatic carbocycles. The molecule has 1 rings (SSSR count). The highest BCUT2D eigenvalue weighted by Crippen LogP contribution is 2.36. The Morgan fingerprint density at radius 1 is 1.45 bits per heavy atom. The van der Waals surface area contributed by atoms with Gasteiger partial charge in [0, 0.05) is 13.1 Å². The number of ether oxygens (including phenoxy) is 1. The number of hydrogen-bond acceptors (Lipinski definition) is 3. The molecule has 1 aliphatic rings. The van der Waals surface area contributed by atoms with Gasteiger partial charge in [0.25, 0.3) is 0 Å². The molecule has 0 radical (unpaired) electrons. The maximum absolute atomic E-state index is 12.0. The van der Waals surface area contributed by atoms with Crippen molar-refractivity contribution in [3.63, 3.8) is 0 Å². The molecule has 114 valence electrons. The zero-order chi connectivity index (χ0) is 15.4. The third-order valence-electron chi connectivity index (χ3n) is 3.52. The van der Waals surface area contributed by atoms with E-state index >= 15 is 0 Å². The van der Waals surface area contributed by atoms with E-state index in [1.807, 2.05) is 0 Å². The average molecular weight is 283 g/mol. The highest BCUT2D eigenvalue weighted by atomic mass is 16.6. The predicted octanol–water partition coefficient (Wildman–Crippen LogP) is 3.05. The van der Waals surface area contributed by atoms with Crippen molar-refractivity contribution in [3.8, 4) is 0 Å². The van der Waals surface area contributed by atoms with E-state index in [1.54, 1.807) is 26.8 Å². The number of carboxylic acid groups (broad SMARTS) is 1. The molecule has 1 heterocycles. The van der Waals surface area contributed by atoms with Gasteiger partial charge >= 0.3 is 12.1 Å². The first kappa shape index (κ1) is 16.5. The molecular weight excluding hydrogens is 258 g/mol. The van der Waals surface area contributed by atoms with Crippen LogP contribution in [0.3, 0.4) is 0 Å². The minimum Gasteiger partial charge on any atom is -0.481 e. The van der Waals surface area contributed by atoms with Gasteiger partial charge in [0.15, 0.2) is 0 Å². The van der Waals surface area contributed by atoms with E-state index in [0.29, 0.717) is 19.4 Å². The maximum atomic E-state index is 12.0. The lowest BCUT2D eigenvalue weighted by molar-refractivity contribution is -0.148. The maximum Gasteiger partial charge on any atom is 0.410 e. The van der Waals surface area contributed by atoms with Crippen molar-refractivity contribution in [1.29, 1.82) is 0 Å². The molecule has 1 saturated heterocycles. The van der Waals surface area contributed by atoms with E-state index in [4.69, 9.17) is 4.74 Å². The van der Waals surface area contributed by atoms with E-state index < -0.39 is 23.1 Å². The number of likely N-dealkylation sites (tertiary alicyclic amines) is 1. The lowest BCUT2D eigenvalue weighted by atomic mass is 9.82. The molecule has 0 aromatic rings. The van der Waals surface area contributed by atoms with Crippen LogP contribution in [0.25, 0.3) is 0 Å². The second-order valence-electron chi connectivity index (χ2n) is 6.42. The Labute approximate surface area is 120 Å². The van der Waals surface area contributed by atoms with Gasteiger partial charge in [0.2, 0.25) is 0 Å². The average Bonchev–Trinajstić information content (AvgIpc) is 2.73. The number of carboxylic acids is 1. The summed E-state index contributed by atoms with van der Waals surface area (Å²) >= 11 is 0. The molecule has 1 atom stereocenters. The van der Waals surface area contributed by atoms with Crippen LogP contribution >= 0.6 is 0 Å². The summed E-state index contributed by atoms with van der Waals surface area (Å²) in [6.45, 7) is 9.72. The van der Waals surface area contributed by atoms with Crippen LogP contribution in [0.2, 0.25) is 0 Å². The number of unbranched alkanes of at least 4 members (excludes halogenated alkanes) is 1. The van der Waals surface area contributed by atoms with E-state index in [2.05, 4.69) is 6.58 Å². The number of nitrogens with zero attached hydrogens (tertiary/aromatic N) is 1. The van der Waals surface area contributed by atoms with E-state index in [9.17, 15) is 14.7 Å². The highest BCUT2D eigenvalue weighted by molar-refractivity contribution is 5.78. The molecule has 20 heavy (non-hydrogen) atoms. The molecule has 0 aromatic heterocycles. The summed E-state index contributed by atoms with van der Waals surface area (Å²) in [5, 5.41) is 9.49. The minimum absolute atomic E-state index is 0.231. The Hall–Kier alpha value is -1.52. The summed E-state index contributed by atoms with van der Waals surface area (Å²) in [5.74, 6) is -0.826. The van der Waals surface area contributed by atoms with Crippen molar-refractivity contribution < 1.29 is 19.4 Å². The smallest absolute Gasteiger partial charge is 0.410 e. The molecule has 0 saturated carbocycles. The van der Waals surface area contributed by atoms with Gasteiger partial charge in [-0.3, -0.25) is 4.79 Å². The van der Waals surface area contributed by atoms with Crippen molar-refractivity contribution in [3.05, 3.63) is 12.7 Å². The molecule has 1 fully saturated rings. The summed E-state index contributed by atoms with van der Waals surface area (Å²) in [6.07, 6.45) is 3.98. The Bertz CT molecular complexity index is 386. The van der Waals surface area contributed by atoms with Crippen molar-refractivity contribution in [2.75, 3.05) is 13.1 Å². The van der Waals surface area contributed by atoms with Gasteiger partial charge in [-0.1, -0.05) is 6.08 Å². The van der Waals surface area contributed by atoms with Crippen molar-refractivity contribution in [1.82, 2.24) is 4.90 Å². The van der Waals surface area contributed by atoms with Crippen LogP contribution in [-0.4, -0.2) is 40.8 Å². The van der Waals surface area contributed by atoms with E-state index in [1.165, 1.54) is 4.90 Å². The number of carbonyl (C=O) groups excluding carboxylic acids is 1. The van der Waals surface area contributed by atoms with E-state index in [-0.39, 0.29) is 6.54 Å². The van der Waals surface area contributed by atoms with Crippen LogP contribution in [0.4, 0.5) is 4.79 Å². The lowest BCUT2D eigenvalue weighted by Crippen LogP contribution is -2.39. The van der Waals surface area contributed by atoms with E-state index in [0.717, 1.165) is 12.8 Å². The van der Waals surface area contributed by atoms with Gasteiger partial charge in [-0.2, -0.15) is 0 Å². The predicted molar refractivity (Wildman–Crippen MR) is 76.5 cm³/mol. The zero-order valence-corrected chi connectivity index (χ0v) is 12.6. The van der Waals surface area contributed by atoms with Gasteiger partial charge < -0.3 is 14.7 Å². The zero-order valence-electron chi connectivity index (χ0n) is 12.6. The quantitative estimate of drug-likeness (QED) is 0.622. The summed E-state index contributed by atoms with van der Waals surface area (Å²) in [7, 11) is 0. The van der Waals surface area contributed by atoms with Crippen molar-refractivity contribution in [2.24, 2.45) is 5.41 Å². The van der Waals surface area contributed by atoms with Crippen LogP contribution in [-0.2, 0) is 9.53 Å². The molecule has 1 aliphatic heterocycles. The van der Waals surface area contributed by atoms with Crippen LogP contribution in [0.1, 0.15) is 46.5 Å². The number of aliphatic carboxylic acids is 1. The van der Waals surface area contributed by atoms with Gasteiger partial charge in [-0.05, 0) is 46.5 Å². The van der Waals surface area contributed by atoms with Crippen molar-refractivity contribution >= 4 is 12.1 Å². The standard InChI is InChI=1S/C15H25NO4/c1-5-6-7-8-15(12(17)18)9-10-16(11-15)13(19)20-14(2,3)4/h5H,1,6-11H2,2-4H3,(H,17,18). The number of rotatable bonds is 5. The highest BCUT2D eigenvalue weighted by Gasteiger charge is 2.46. The summed E-state index contributed by atoms with van der Waals surface area (Å²) in [4.78, 5) is 25.1. The first-order valence-electron chi connectivity index (χ1n) is 7.02. The third-order valence-corrected chi connectivity index (χ3v) is 3.52. The SMILES string of the molecule is C=CCCCC1(C(=O)O)CCN(C(=O)OC(C)(C)C)C1. The summed E-state index contributed by atoms with van der Waals surface area (Å²) in [5.41, 5.74) is -1.39. The van der Waals surface area contributed by atoms with Crippen LogP contribution in [0.15, 0.2) is 12.7 Å². The molecule has 0 bridgehead atoms. The largest absolute Gasteiger partial charge is 0.481 e. The fourth-order valence-electron chi connectivity index (χ4n) is 2.43. The third kappa shape index (κ3) is 4.25. The molecule has 1 N–H and O–H groups in total. The second kappa shape index (κ2) is 6.29. The first-order chi connectivity index (χ1) is 9.20. The number of amides is 1. The molecule has 0 spiro atoms. The number of carbonyl (C=O) groups is 2. The fourth-order valence-corrected chi connectivity index (χ4v) is 2.43. The molecule has 1 unspecified atom stereocenters. The normalized spacial score (nSPS) is 22.6. The Morgan fingerprint density at radius 3 is 2.60 bits per heavy atom. The van der Waals surface area contributed by atoms with Crippen LogP contribution in [0.5, 0.6) is 0 Å². The van der Waals surface area contributed by atoms with Gasteiger partial charge in [0.1, 0.15) is 5.60 Å². The minimum atomic E-state index is -0.833. The first-order valence-corrected chi connectivity index (χ1v) is 7.02. The van der Waals surface area contributed by atoms with Crippen LogP contribution < -0.4 is 0 Å². The second-order valence-corrected chi connectivity index (χ2v) is 6.42. The van der Waals surface area contributed by atoms with Gasteiger partial charge in [0.05, 0.1) is 5.41 Å².